The zero-order chi connectivity index (χ0) is 12.7. The number of carboxylic acid groups (broad SMARTS) is 2. The minimum Gasteiger partial charge on any atom is -0.478 e. The number of carboxylic acids is 2. The number of carbonyl (C=O) groups is 2. The molecule has 0 radical (unpaired) electrons. The Morgan fingerprint density at radius 2 is 1.94 bits per heavy atom. The molecule has 7 heteroatoms. The maximum Gasteiger partial charge on any atom is 0.355 e. The molecule has 0 spiro atoms. The highest BCUT2D eigenvalue weighted by molar-refractivity contribution is 6.03. The van der Waals surface area contributed by atoms with Crippen molar-refractivity contribution in [2.75, 3.05) is 0 Å². The van der Waals surface area contributed by atoms with E-state index in [-0.39, 0.29) is 5.56 Å². The first-order valence-corrected chi connectivity index (χ1v) is 4.72. The standard InChI is InChI=1S/C10H9N3O4/c1-4-5-3-6(9(14)15)7(10(16)17)11-8(5)13(2)12-4/h3H,1-2H3,(H,14,15)(H,16,17). The molecule has 0 atom stereocenters. The van der Waals surface area contributed by atoms with Crippen LogP contribution in [0.5, 0.6) is 0 Å². The van der Waals surface area contributed by atoms with E-state index in [2.05, 4.69) is 10.1 Å². The minimum atomic E-state index is -1.37. The summed E-state index contributed by atoms with van der Waals surface area (Å²) in [6, 6.07) is 1.29. The molecule has 2 rings (SSSR count). The SMILES string of the molecule is Cc1nn(C)c2nc(C(=O)O)c(C(=O)O)cc12. The van der Waals surface area contributed by atoms with Crippen LogP contribution in [-0.2, 0) is 7.05 Å². The normalized spacial score (nSPS) is 10.7. The predicted octanol–water partition coefficient (Wildman–Crippen LogP) is 0.673. The highest BCUT2D eigenvalue weighted by atomic mass is 16.4. The summed E-state index contributed by atoms with van der Waals surface area (Å²) in [6.07, 6.45) is 0. The van der Waals surface area contributed by atoms with Crippen molar-refractivity contribution in [1.82, 2.24) is 14.8 Å². The molecule has 2 aromatic rings. The lowest BCUT2D eigenvalue weighted by atomic mass is 10.1. The van der Waals surface area contributed by atoms with Crippen molar-refractivity contribution in [3.05, 3.63) is 23.0 Å². The van der Waals surface area contributed by atoms with Gasteiger partial charge in [-0.25, -0.2) is 14.6 Å². The highest BCUT2D eigenvalue weighted by Gasteiger charge is 2.21. The van der Waals surface area contributed by atoms with Crippen LogP contribution >= 0.6 is 0 Å². The molecule has 0 unspecified atom stereocenters. The average molecular weight is 235 g/mol. The van der Waals surface area contributed by atoms with Crippen molar-refractivity contribution in [2.45, 2.75) is 6.92 Å². The first kappa shape index (κ1) is 11.1. The number of fused-ring (bicyclic) bond motifs is 1. The summed E-state index contributed by atoms with van der Waals surface area (Å²) in [6.45, 7) is 1.70. The van der Waals surface area contributed by atoms with Crippen LogP contribution in [0.2, 0.25) is 0 Å². The van der Waals surface area contributed by atoms with Gasteiger partial charge in [-0.2, -0.15) is 5.10 Å². The van der Waals surface area contributed by atoms with Crippen LogP contribution in [0.4, 0.5) is 0 Å². The number of aryl methyl sites for hydroxylation is 2. The molecule has 0 aromatic carbocycles. The Kier molecular flexibility index (Phi) is 2.31. The van der Waals surface area contributed by atoms with Crippen molar-refractivity contribution in [1.29, 1.82) is 0 Å². The van der Waals surface area contributed by atoms with Gasteiger partial charge in [0, 0.05) is 12.4 Å². The number of aromatic nitrogens is 3. The minimum absolute atomic E-state index is 0.332. The molecular weight excluding hydrogens is 226 g/mol. The van der Waals surface area contributed by atoms with E-state index in [4.69, 9.17) is 10.2 Å². The van der Waals surface area contributed by atoms with E-state index in [0.29, 0.717) is 16.7 Å². The Morgan fingerprint density at radius 1 is 1.29 bits per heavy atom. The molecule has 0 aliphatic carbocycles. The molecule has 7 nitrogen and oxygen atoms in total. The Balaban J connectivity index is 2.88. The topological polar surface area (TPSA) is 105 Å². The second-order valence-electron chi connectivity index (χ2n) is 3.58. The molecule has 0 amide bonds. The van der Waals surface area contributed by atoms with E-state index in [1.54, 1.807) is 14.0 Å². The van der Waals surface area contributed by atoms with E-state index >= 15 is 0 Å². The van der Waals surface area contributed by atoms with Gasteiger partial charge in [0.05, 0.1) is 11.3 Å². The smallest absolute Gasteiger partial charge is 0.355 e. The third kappa shape index (κ3) is 1.61. The van der Waals surface area contributed by atoms with Gasteiger partial charge < -0.3 is 10.2 Å². The highest BCUT2D eigenvalue weighted by Crippen LogP contribution is 2.19. The number of pyridine rings is 1. The Bertz CT molecular complexity index is 591. The van der Waals surface area contributed by atoms with Crippen molar-refractivity contribution in [3.63, 3.8) is 0 Å². The summed E-state index contributed by atoms with van der Waals surface area (Å²) in [4.78, 5) is 25.7. The lowest BCUT2D eigenvalue weighted by Gasteiger charge is -2.01. The van der Waals surface area contributed by atoms with Gasteiger partial charge in [0.15, 0.2) is 11.3 Å². The molecule has 0 fully saturated rings. The molecule has 2 aromatic heterocycles. The lowest BCUT2D eigenvalue weighted by molar-refractivity contribution is 0.0647. The van der Waals surface area contributed by atoms with E-state index in [1.165, 1.54) is 10.7 Å². The van der Waals surface area contributed by atoms with Crippen LogP contribution in [0, 0.1) is 6.92 Å². The zero-order valence-corrected chi connectivity index (χ0v) is 9.13. The fourth-order valence-corrected chi connectivity index (χ4v) is 1.67. The molecule has 0 saturated carbocycles. The summed E-state index contributed by atoms with van der Waals surface area (Å²) in [5.74, 6) is -2.69. The number of hydrogen-bond donors (Lipinski definition) is 2. The largest absolute Gasteiger partial charge is 0.478 e. The van der Waals surface area contributed by atoms with Crippen molar-refractivity contribution in [3.8, 4) is 0 Å². The first-order valence-electron chi connectivity index (χ1n) is 4.72. The molecule has 0 bridgehead atoms. The molecular formula is C10H9N3O4. The van der Waals surface area contributed by atoms with Crippen LogP contribution in [0.1, 0.15) is 26.5 Å². The average Bonchev–Trinajstić information content (AvgIpc) is 2.52. The van der Waals surface area contributed by atoms with E-state index in [9.17, 15) is 9.59 Å². The number of aromatic carboxylic acids is 2. The second kappa shape index (κ2) is 3.55. The van der Waals surface area contributed by atoms with Gasteiger partial charge in [-0.3, -0.25) is 4.68 Å². The van der Waals surface area contributed by atoms with E-state index in [1.807, 2.05) is 0 Å². The number of nitrogens with zero attached hydrogens (tertiary/aromatic N) is 3. The molecule has 0 aliphatic heterocycles. The van der Waals surface area contributed by atoms with Gasteiger partial charge in [-0.05, 0) is 13.0 Å². The van der Waals surface area contributed by atoms with E-state index in [0.717, 1.165) is 0 Å². The van der Waals surface area contributed by atoms with Crippen LogP contribution in [0.25, 0.3) is 11.0 Å². The number of rotatable bonds is 2. The predicted molar refractivity (Wildman–Crippen MR) is 57.2 cm³/mol. The monoisotopic (exact) mass is 235 g/mol. The third-order valence-corrected chi connectivity index (χ3v) is 2.43. The van der Waals surface area contributed by atoms with Crippen LogP contribution in [-0.4, -0.2) is 36.9 Å². The quantitative estimate of drug-likeness (QED) is 0.792. The Labute approximate surface area is 95.3 Å². The van der Waals surface area contributed by atoms with Crippen molar-refractivity contribution in [2.24, 2.45) is 7.05 Å². The fourth-order valence-electron chi connectivity index (χ4n) is 1.67. The molecule has 0 aliphatic rings. The molecule has 0 saturated heterocycles. The third-order valence-electron chi connectivity index (χ3n) is 2.43. The van der Waals surface area contributed by atoms with Crippen LogP contribution in [0.15, 0.2) is 6.07 Å². The van der Waals surface area contributed by atoms with Gasteiger partial charge in [0.25, 0.3) is 0 Å². The number of hydrogen-bond acceptors (Lipinski definition) is 4. The van der Waals surface area contributed by atoms with Crippen LogP contribution < -0.4 is 0 Å². The van der Waals surface area contributed by atoms with Gasteiger partial charge >= 0.3 is 11.9 Å². The summed E-state index contributed by atoms with van der Waals surface area (Å²) >= 11 is 0. The summed E-state index contributed by atoms with van der Waals surface area (Å²) in [5.41, 5.74) is 0.147. The molecule has 17 heavy (non-hydrogen) atoms. The van der Waals surface area contributed by atoms with Gasteiger partial charge in [-0.15, -0.1) is 0 Å². The maximum atomic E-state index is 11.0. The Morgan fingerprint density at radius 3 is 2.47 bits per heavy atom. The molecule has 2 heterocycles. The van der Waals surface area contributed by atoms with Gasteiger partial charge in [0.2, 0.25) is 0 Å². The second-order valence-corrected chi connectivity index (χ2v) is 3.58. The molecule has 88 valence electrons. The van der Waals surface area contributed by atoms with Crippen LogP contribution in [0.3, 0.4) is 0 Å². The zero-order valence-electron chi connectivity index (χ0n) is 9.13. The fraction of sp³-hybridized carbons (Fsp3) is 0.200. The van der Waals surface area contributed by atoms with Crippen molar-refractivity contribution < 1.29 is 19.8 Å². The summed E-state index contributed by atoms with van der Waals surface area (Å²) < 4.78 is 1.42. The van der Waals surface area contributed by atoms with Gasteiger partial charge in [-0.1, -0.05) is 0 Å². The maximum absolute atomic E-state index is 11.0. The molecule has 2 N–H and O–H groups in total. The van der Waals surface area contributed by atoms with Crippen molar-refractivity contribution >= 4 is 23.0 Å². The van der Waals surface area contributed by atoms with E-state index < -0.39 is 17.6 Å². The first-order chi connectivity index (χ1) is 7.91. The summed E-state index contributed by atoms with van der Waals surface area (Å²) in [5, 5.41) is 22.5. The Hall–Kier alpha value is -2.44. The summed E-state index contributed by atoms with van der Waals surface area (Å²) in [7, 11) is 1.62. The van der Waals surface area contributed by atoms with Gasteiger partial charge in [0.1, 0.15) is 0 Å². The lowest BCUT2D eigenvalue weighted by Crippen LogP contribution is -2.11.